The maximum absolute atomic E-state index is 13.1. The highest BCUT2D eigenvalue weighted by Crippen LogP contribution is 2.24. The molecule has 0 aliphatic carbocycles. The molecule has 0 fully saturated rings. The highest BCUT2D eigenvalue weighted by molar-refractivity contribution is 6.36. The number of amides is 1. The smallest absolute Gasteiger partial charge is 0.325 e. The van der Waals surface area contributed by atoms with Crippen molar-refractivity contribution in [1.29, 1.82) is 0 Å². The van der Waals surface area contributed by atoms with Gasteiger partial charge in [0.15, 0.2) is 0 Å². The second kappa shape index (κ2) is 5.33. The van der Waals surface area contributed by atoms with Crippen LogP contribution < -0.4 is 5.32 Å². The van der Waals surface area contributed by atoms with E-state index in [0.717, 1.165) is 12.1 Å². The number of carboxylic acid groups (broad SMARTS) is 1. The fraction of sp³-hybridized carbons (Fsp3) is 0.200. The molecular formula is C10H8Cl2FNO3. The molecule has 2 N–H and O–H groups in total. The molecule has 7 heteroatoms. The largest absolute Gasteiger partial charge is 0.480 e. The summed E-state index contributed by atoms with van der Waals surface area (Å²) in [4.78, 5) is 22.1. The molecule has 0 aromatic heterocycles. The molecule has 1 rings (SSSR count). The van der Waals surface area contributed by atoms with Crippen LogP contribution in [0.1, 0.15) is 17.3 Å². The van der Waals surface area contributed by atoms with E-state index in [4.69, 9.17) is 28.3 Å². The first kappa shape index (κ1) is 13.7. The SMILES string of the molecule is C[C@H](NC(=O)c1cc(F)c(Cl)cc1Cl)C(=O)O. The number of nitrogens with one attached hydrogen (secondary N) is 1. The Bertz CT molecular complexity index is 479. The fourth-order valence-corrected chi connectivity index (χ4v) is 1.50. The van der Waals surface area contributed by atoms with Crippen molar-refractivity contribution >= 4 is 35.1 Å². The number of carboxylic acids is 1. The molecule has 0 radical (unpaired) electrons. The molecule has 1 aromatic rings. The van der Waals surface area contributed by atoms with E-state index in [9.17, 15) is 14.0 Å². The molecule has 0 spiro atoms. The van der Waals surface area contributed by atoms with Crippen LogP contribution in [0.3, 0.4) is 0 Å². The van der Waals surface area contributed by atoms with Crippen molar-refractivity contribution in [1.82, 2.24) is 5.32 Å². The summed E-state index contributed by atoms with van der Waals surface area (Å²) in [5.41, 5.74) is -0.165. The van der Waals surface area contributed by atoms with Gasteiger partial charge < -0.3 is 10.4 Å². The van der Waals surface area contributed by atoms with Gasteiger partial charge >= 0.3 is 5.97 Å². The molecule has 0 saturated carbocycles. The van der Waals surface area contributed by atoms with E-state index >= 15 is 0 Å². The predicted octanol–water partition coefficient (Wildman–Crippen LogP) is 2.34. The van der Waals surface area contributed by atoms with Crippen molar-refractivity contribution in [3.63, 3.8) is 0 Å². The number of hydrogen-bond donors (Lipinski definition) is 2. The molecule has 1 amide bonds. The number of rotatable bonds is 3. The minimum absolute atomic E-state index is 0.0495. The summed E-state index contributed by atoms with van der Waals surface area (Å²) in [7, 11) is 0. The molecule has 1 aromatic carbocycles. The number of carbonyl (C=O) groups is 2. The number of aliphatic carboxylic acids is 1. The molecule has 0 aliphatic rings. The van der Waals surface area contributed by atoms with E-state index in [1.54, 1.807) is 0 Å². The van der Waals surface area contributed by atoms with Crippen molar-refractivity contribution in [2.75, 3.05) is 0 Å². The molecule has 0 aliphatic heterocycles. The van der Waals surface area contributed by atoms with Crippen LogP contribution in [0.2, 0.25) is 10.0 Å². The number of hydrogen-bond acceptors (Lipinski definition) is 2. The summed E-state index contributed by atoms with van der Waals surface area (Å²) in [5.74, 6) is -2.78. The van der Waals surface area contributed by atoms with Gasteiger partial charge in [-0.3, -0.25) is 9.59 Å². The minimum atomic E-state index is -1.20. The zero-order chi connectivity index (χ0) is 13.2. The lowest BCUT2D eigenvalue weighted by atomic mass is 10.2. The van der Waals surface area contributed by atoms with Crippen molar-refractivity contribution < 1.29 is 19.1 Å². The van der Waals surface area contributed by atoms with Gasteiger partial charge in [0, 0.05) is 0 Å². The molecule has 0 heterocycles. The van der Waals surface area contributed by atoms with Gasteiger partial charge in [-0.25, -0.2) is 4.39 Å². The van der Waals surface area contributed by atoms with Crippen LogP contribution >= 0.6 is 23.2 Å². The van der Waals surface area contributed by atoms with Gasteiger partial charge in [0.2, 0.25) is 0 Å². The van der Waals surface area contributed by atoms with E-state index in [-0.39, 0.29) is 15.6 Å². The van der Waals surface area contributed by atoms with Gasteiger partial charge in [-0.05, 0) is 19.1 Å². The molecule has 0 unspecified atom stereocenters. The van der Waals surface area contributed by atoms with E-state index < -0.39 is 23.7 Å². The van der Waals surface area contributed by atoms with Crippen LogP contribution in [0, 0.1) is 5.82 Å². The van der Waals surface area contributed by atoms with Gasteiger partial charge in [-0.1, -0.05) is 23.2 Å². The lowest BCUT2D eigenvalue weighted by Gasteiger charge is -2.10. The molecule has 0 saturated heterocycles. The quantitative estimate of drug-likeness (QED) is 0.835. The van der Waals surface area contributed by atoms with E-state index in [2.05, 4.69) is 5.32 Å². The third-order valence-corrected chi connectivity index (χ3v) is 2.57. The first-order chi connectivity index (χ1) is 7.82. The summed E-state index contributed by atoms with van der Waals surface area (Å²) in [6.07, 6.45) is 0. The molecular weight excluding hydrogens is 272 g/mol. The second-order valence-electron chi connectivity index (χ2n) is 3.28. The Kier molecular flexibility index (Phi) is 4.31. The van der Waals surface area contributed by atoms with Gasteiger partial charge in [0.25, 0.3) is 5.91 Å². The summed E-state index contributed by atoms with van der Waals surface area (Å²) >= 11 is 11.2. The second-order valence-corrected chi connectivity index (χ2v) is 4.09. The highest BCUT2D eigenvalue weighted by Gasteiger charge is 2.18. The monoisotopic (exact) mass is 279 g/mol. The Labute approximate surface area is 106 Å². The summed E-state index contributed by atoms with van der Waals surface area (Å²) < 4.78 is 13.1. The molecule has 1 atom stereocenters. The fourth-order valence-electron chi connectivity index (χ4n) is 1.03. The summed E-state index contributed by atoms with van der Waals surface area (Å²) in [6, 6.07) is 0.838. The topological polar surface area (TPSA) is 66.4 Å². The minimum Gasteiger partial charge on any atom is -0.480 e. The average Bonchev–Trinajstić information content (AvgIpc) is 2.22. The number of benzene rings is 1. The lowest BCUT2D eigenvalue weighted by Crippen LogP contribution is -2.38. The number of carbonyl (C=O) groups excluding carboxylic acids is 1. The Balaban J connectivity index is 2.97. The van der Waals surface area contributed by atoms with Crippen LogP contribution in [-0.4, -0.2) is 23.0 Å². The van der Waals surface area contributed by atoms with Gasteiger partial charge in [0.1, 0.15) is 11.9 Å². The average molecular weight is 280 g/mol. The van der Waals surface area contributed by atoms with Crippen LogP contribution in [-0.2, 0) is 4.79 Å². The maximum Gasteiger partial charge on any atom is 0.325 e. The summed E-state index contributed by atoms with van der Waals surface area (Å²) in [5, 5.41) is 10.5. The summed E-state index contributed by atoms with van der Waals surface area (Å²) in [6.45, 7) is 1.28. The van der Waals surface area contributed by atoms with Gasteiger partial charge in [-0.15, -0.1) is 0 Å². The molecule has 0 bridgehead atoms. The number of halogens is 3. The van der Waals surface area contributed by atoms with Crippen LogP contribution in [0.5, 0.6) is 0 Å². The van der Waals surface area contributed by atoms with Crippen molar-refractivity contribution in [2.45, 2.75) is 13.0 Å². The van der Waals surface area contributed by atoms with Gasteiger partial charge in [0.05, 0.1) is 15.6 Å². The normalized spacial score (nSPS) is 12.0. The van der Waals surface area contributed by atoms with Crippen LogP contribution in [0.4, 0.5) is 4.39 Å². The van der Waals surface area contributed by atoms with E-state index in [0.29, 0.717) is 0 Å². The van der Waals surface area contributed by atoms with E-state index in [1.807, 2.05) is 0 Å². The van der Waals surface area contributed by atoms with Gasteiger partial charge in [-0.2, -0.15) is 0 Å². The Morgan fingerprint density at radius 1 is 1.35 bits per heavy atom. The van der Waals surface area contributed by atoms with Crippen molar-refractivity contribution in [3.8, 4) is 0 Å². The Morgan fingerprint density at radius 2 is 1.94 bits per heavy atom. The predicted molar refractivity (Wildman–Crippen MR) is 61.0 cm³/mol. The van der Waals surface area contributed by atoms with E-state index in [1.165, 1.54) is 6.92 Å². The highest BCUT2D eigenvalue weighted by atomic mass is 35.5. The Morgan fingerprint density at radius 3 is 2.47 bits per heavy atom. The van der Waals surface area contributed by atoms with Crippen molar-refractivity contribution in [3.05, 3.63) is 33.6 Å². The van der Waals surface area contributed by atoms with Crippen molar-refractivity contribution in [2.24, 2.45) is 0 Å². The lowest BCUT2D eigenvalue weighted by molar-refractivity contribution is -0.138. The van der Waals surface area contributed by atoms with Crippen LogP contribution in [0.15, 0.2) is 12.1 Å². The molecule has 17 heavy (non-hydrogen) atoms. The zero-order valence-electron chi connectivity index (χ0n) is 8.63. The Hall–Kier alpha value is -1.33. The maximum atomic E-state index is 13.1. The standard InChI is InChI=1S/C10H8Cl2FNO3/c1-4(10(16)17)14-9(15)5-2-8(13)7(12)3-6(5)11/h2-4H,1H3,(H,14,15)(H,16,17)/t4-/m0/s1. The molecule has 4 nitrogen and oxygen atoms in total. The first-order valence-corrected chi connectivity index (χ1v) is 5.26. The third-order valence-electron chi connectivity index (χ3n) is 1.97. The third kappa shape index (κ3) is 3.31. The first-order valence-electron chi connectivity index (χ1n) is 4.51. The van der Waals surface area contributed by atoms with Crippen LogP contribution in [0.25, 0.3) is 0 Å². The zero-order valence-corrected chi connectivity index (χ0v) is 10.1. The molecule has 92 valence electrons.